The lowest BCUT2D eigenvalue weighted by molar-refractivity contribution is -0.383. The first-order valence-corrected chi connectivity index (χ1v) is 4.53. The molecule has 5 nitrogen and oxygen atoms in total. The third-order valence-corrected chi connectivity index (χ3v) is 2.10. The van der Waals surface area contributed by atoms with Crippen LogP contribution in [0.3, 0.4) is 0 Å². The zero-order valence-corrected chi connectivity index (χ0v) is 8.43. The number of nitro groups is 1. The van der Waals surface area contributed by atoms with Gasteiger partial charge in [0, 0.05) is 6.07 Å². The van der Waals surface area contributed by atoms with Crippen molar-refractivity contribution in [3.63, 3.8) is 0 Å². The number of non-ortho nitro benzene ring substituents is 1. The molecule has 0 aliphatic heterocycles. The number of para-hydroxylation sites is 1. The number of rotatable bonds is 1. The van der Waals surface area contributed by atoms with Gasteiger partial charge in [0.2, 0.25) is 0 Å². The number of aromatic nitrogens is 2. The molecule has 1 aromatic heterocycles. The quantitative estimate of drug-likeness (QED) is 0.578. The van der Waals surface area contributed by atoms with Gasteiger partial charge in [-0.2, -0.15) is 0 Å². The number of halogens is 1. The molecule has 0 radical (unpaired) electrons. The number of nitro benzene ring substituents is 1. The summed E-state index contributed by atoms with van der Waals surface area (Å²) in [6, 6.07) is 4.67. The highest BCUT2D eigenvalue weighted by atomic mass is 79.9. The highest BCUT2D eigenvalue weighted by molar-refractivity contribution is 9.10. The molecule has 0 N–H and O–H groups in total. The third-order valence-electron chi connectivity index (χ3n) is 1.72. The van der Waals surface area contributed by atoms with Gasteiger partial charge in [0.05, 0.1) is 16.6 Å². The van der Waals surface area contributed by atoms with Crippen molar-refractivity contribution in [3.05, 3.63) is 39.1 Å². The normalized spacial score (nSPS) is 10.4. The minimum Gasteiger partial charge on any atom is -0.258 e. The molecule has 0 amide bonds. The lowest BCUT2D eigenvalue weighted by atomic mass is 10.2. The predicted molar refractivity (Wildman–Crippen MR) is 53.9 cm³/mol. The van der Waals surface area contributed by atoms with Gasteiger partial charge in [-0.25, -0.2) is 4.98 Å². The van der Waals surface area contributed by atoms with E-state index in [0.29, 0.717) is 15.6 Å². The van der Waals surface area contributed by atoms with E-state index in [0.717, 1.165) is 0 Å². The van der Waals surface area contributed by atoms with Gasteiger partial charge in [-0.1, -0.05) is 6.07 Å². The molecule has 14 heavy (non-hydrogen) atoms. The molecule has 1 heterocycles. The second-order valence-electron chi connectivity index (χ2n) is 2.59. The molecular weight excluding hydrogens is 250 g/mol. The second kappa shape index (κ2) is 3.30. The Balaban J connectivity index is 2.84. The lowest BCUT2D eigenvalue weighted by Gasteiger charge is -1.97. The van der Waals surface area contributed by atoms with Crippen LogP contribution in [0.15, 0.2) is 29.0 Å². The number of hydrogen-bond donors (Lipinski definition) is 0. The molecule has 0 atom stereocenters. The highest BCUT2D eigenvalue weighted by Crippen LogP contribution is 2.22. The maximum Gasteiger partial charge on any atom is 0.297 e. The second-order valence-corrected chi connectivity index (χ2v) is 3.41. The molecule has 0 aliphatic rings. The van der Waals surface area contributed by atoms with Crippen LogP contribution < -0.4 is 0 Å². The molecule has 0 unspecified atom stereocenters. The molecule has 0 saturated heterocycles. The molecular formula is C8H4BrN3O2. The fourth-order valence-electron chi connectivity index (χ4n) is 1.14. The summed E-state index contributed by atoms with van der Waals surface area (Å²) in [7, 11) is 0. The molecule has 0 fully saturated rings. The zero-order chi connectivity index (χ0) is 10.1. The van der Waals surface area contributed by atoms with Crippen molar-refractivity contribution >= 4 is 32.7 Å². The van der Waals surface area contributed by atoms with Crippen LogP contribution in [0.5, 0.6) is 0 Å². The Bertz CT molecular complexity index is 515. The molecule has 2 aromatic rings. The molecule has 0 spiro atoms. The summed E-state index contributed by atoms with van der Waals surface area (Å²) in [5.41, 5.74) is 0.783. The molecule has 6 heteroatoms. The summed E-state index contributed by atoms with van der Waals surface area (Å²) in [6.45, 7) is 0. The SMILES string of the molecule is O=[N+]([O-])c1cccc2ncc(Br)nc12. The topological polar surface area (TPSA) is 68.9 Å². The number of hydrogen-bond acceptors (Lipinski definition) is 4. The first-order valence-electron chi connectivity index (χ1n) is 3.74. The van der Waals surface area contributed by atoms with E-state index < -0.39 is 4.92 Å². The van der Waals surface area contributed by atoms with Gasteiger partial charge in [-0.05, 0) is 22.0 Å². The maximum atomic E-state index is 10.6. The maximum absolute atomic E-state index is 10.6. The van der Waals surface area contributed by atoms with Crippen molar-refractivity contribution in [2.75, 3.05) is 0 Å². The van der Waals surface area contributed by atoms with E-state index in [1.165, 1.54) is 12.3 Å². The Hall–Kier alpha value is -1.56. The number of benzene rings is 1. The van der Waals surface area contributed by atoms with Crippen LogP contribution in [0.2, 0.25) is 0 Å². The summed E-state index contributed by atoms with van der Waals surface area (Å²) in [6.07, 6.45) is 1.51. The number of fused-ring (bicyclic) bond motifs is 1. The van der Waals surface area contributed by atoms with Crippen LogP contribution in [-0.2, 0) is 0 Å². The highest BCUT2D eigenvalue weighted by Gasteiger charge is 2.13. The van der Waals surface area contributed by atoms with E-state index in [2.05, 4.69) is 25.9 Å². The Labute approximate surface area is 87.1 Å². The first-order chi connectivity index (χ1) is 6.68. The molecule has 0 saturated carbocycles. The lowest BCUT2D eigenvalue weighted by Crippen LogP contribution is -1.92. The van der Waals surface area contributed by atoms with Gasteiger partial charge in [-0.15, -0.1) is 0 Å². The van der Waals surface area contributed by atoms with E-state index in [9.17, 15) is 10.1 Å². The van der Waals surface area contributed by atoms with Gasteiger partial charge < -0.3 is 0 Å². The van der Waals surface area contributed by atoms with E-state index in [4.69, 9.17) is 0 Å². The summed E-state index contributed by atoms with van der Waals surface area (Å²) in [5, 5.41) is 10.6. The Morgan fingerprint density at radius 2 is 2.21 bits per heavy atom. The summed E-state index contributed by atoms with van der Waals surface area (Å²) in [4.78, 5) is 18.2. The number of nitrogens with zero attached hydrogens (tertiary/aromatic N) is 3. The molecule has 2 rings (SSSR count). The van der Waals surface area contributed by atoms with Crippen LogP contribution >= 0.6 is 15.9 Å². The van der Waals surface area contributed by atoms with Crippen molar-refractivity contribution < 1.29 is 4.92 Å². The van der Waals surface area contributed by atoms with E-state index in [1.807, 2.05) is 0 Å². The van der Waals surface area contributed by atoms with Crippen LogP contribution in [0.4, 0.5) is 5.69 Å². The minimum atomic E-state index is -0.469. The van der Waals surface area contributed by atoms with E-state index >= 15 is 0 Å². The molecule has 0 aliphatic carbocycles. The average Bonchev–Trinajstić information content (AvgIpc) is 2.16. The Morgan fingerprint density at radius 1 is 1.43 bits per heavy atom. The predicted octanol–water partition coefficient (Wildman–Crippen LogP) is 2.30. The van der Waals surface area contributed by atoms with Gasteiger partial charge in [0.15, 0.2) is 5.52 Å². The summed E-state index contributed by atoms with van der Waals surface area (Å²) in [5.74, 6) is 0. The minimum absolute atomic E-state index is 0.0312. The van der Waals surface area contributed by atoms with Gasteiger partial charge in [0.1, 0.15) is 4.60 Å². The van der Waals surface area contributed by atoms with Crippen LogP contribution in [0, 0.1) is 10.1 Å². The van der Waals surface area contributed by atoms with Gasteiger partial charge in [-0.3, -0.25) is 15.1 Å². The van der Waals surface area contributed by atoms with Gasteiger partial charge >= 0.3 is 0 Å². The van der Waals surface area contributed by atoms with Crippen molar-refractivity contribution in [2.45, 2.75) is 0 Å². The molecule has 1 aromatic carbocycles. The zero-order valence-electron chi connectivity index (χ0n) is 6.85. The van der Waals surface area contributed by atoms with Gasteiger partial charge in [0.25, 0.3) is 5.69 Å². The van der Waals surface area contributed by atoms with E-state index in [1.54, 1.807) is 12.1 Å². The van der Waals surface area contributed by atoms with Crippen molar-refractivity contribution in [1.82, 2.24) is 9.97 Å². The monoisotopic (exact) mass is 253 g/mol. The Kier molecular flexibility index (Phi) is 2.12. The fourth-order valence-corrected chi connectivity index (χ4v) is 1.42. The van der Waals surface area contributed by atoms with Crippen molar-refractivity contribution in [3.8, 4) is 0 Å². The molecule has 0 bridgehead atoms. The average molecular weight is 254 g/mol. The van der Waals surface area contributed by atoms with Crippen LogP contribution in [0.1, 0.15) is 0 Å². The fraction of sp³-hybridized carbons (Fsp3) is 0. The van der Waals surface area contributed by atoms with E-state index in [-0.39, 0.29) is 5.69 Å². The van der Waals surface area contributed by atoms with Crippen LogP contribution in [-0.4, -0.2) is 14.9 Å². The molecule has 70 valence electrons. The van der Waals surface area contributed by atoms with Crippen molar-refractivity contribution in [2.24, 2.45) is 0 Å². The third kappa shape index (κ3) is 1.44. The smallest absolute Gasteiger partial charge is 0.258 e. The van der Waals surface area contributed by atoms with Crippen LogP contribution in [0.25, 0.3) is 11.0 Å². The Morgan fingerprint density at radius 3 is 2.93 bits per heavy atom. The standard InChI is InChI=1S/C8H4BrN3O2/c9-7-4-10-5-2-1-3-6(12(13)14)8(5)11-7/h1-4H. The largest absolute Gasteiger partial charge is 0.297 e. The summed E-state index contributed by atoms with van der Waals surface area (Å²) >= 11 is 3.12. The first kappa shape index (κ1) is 9.01. The van der Waals surface area contributed by atoms with Crippen molar-refractivity contribution in [1.29, 1.82) is 0 Å². The summed E-state index contributed by atoms with van der Waals surface area (Å²) < 4.78 is 0.485.